The van der Waals surface area contributed by atoms with Crippen LogP contribution in [0.5, 0.6) is 5.75 Å². The Bertz CT molecular complexity index is 561. The van der Waals surface area contributed by atoms with Crippen molar-refractivity contribution in [2.75, 3.05) is 0 Å². The molecule has 2 rings (SSSR count). The summed E-state index contributed by atoms with van der Waals surface area (Å²) in [7, 11) is 3.51. The summed E-state index contributed by atoms with van der Waals surface area (Å²) in [5.41, 5.74) is 1.42. The molecule has 4 heteroatoms. The van der Waals surface area contributed by atoms with E-state index in [9.17, 15) is 0 Å². The van der Waals surface area contributed by atoms with Gasteiger partial charge in [0.2, 0.25) is 0 Å². The minimum absolute atomic E-state index is 0.0297. The Hall–Kier alpha value is -0.525. The Morgan fingerprint density at radius 2 is 1.42 bits per heavy atom. The first-order valence-electron chi connectivity index (χ1n) is 10.1. The Morgan fingerprint density at radius 1 is 0.885 bits per heavy atom. The third kappa shape index (κ3) is 5.99. The molecule has 26 heavy (non-hydrogen) atoms. The summed E-state index contributed by atoms with van der Waals surface area (Å²) < 4.78 is 12.4. The fourth-order valence-electron chi connectivity index (χ4n) is 3.35. The third-order valence-electron chi connectivity index (χ3n) is 6.28. The average Bonchev–Trinajstić information content (AvgIpc) is 2.53. The molecule has 0 N–H and O–H groups in total. The molecule has 1 unspecified atom stereocenters. The number of rotatable bonds is 6. The first-order chi connectivity index (χ1) is 11.9. The van der Waals surface area contributed by atoms with E-state index in [0.717, 1.165) is 11.7 Å². The predicted octanol–water partition coefficient (Wildman–Crippen LogP) is 5.10. The molecule has 0 radical (unpaired) electrons. The van der Waals surface area contributed by atoms with Crippen molar-refractivity contribution in [3.05, 3.63) is 24.3 Å². The van der Waals surface area contributed by atoms with Gasteiger partial charge in [0.1, 0.15) is 5.75 Å². The van der Waals surface area contributed by atoms with E-state index in [1.54, 1.807) is 0 Å². The second-order valence-electron chi connectivity index (χ2n) is 10.1. The van der Waals surface area contributed by atoms with Crippen LogP contribution in [0.15, 0.2) is 24.3 Å². The fourth-order valence-corrected chi connectivity index (χ4v) is 3.44. The molecule has 1 aromatic rings. The maximum Gasteiger partial charge on any atom is 0.309 e. The van der Waals surface area contributed by atoms with Crippen molar-refractivity contribution in [3.8, 4) is 5.75 Å². The Balaban J connectivity index is 1.83. The maximum absolute atomic E-state index is 6.23. The van der Waals surface area contributed by atoms with Gasteiger partial charge in [-0.05, 0) is 63.0 Å². The first kappa shape index (κ1) is 21.8. The molecule has 0 aromatic heterocycles. The van der Waals surface area contributed by atoms with E-state index >= 15 is 0 Å². The molecular formula is C22H38BO2P. The number of hydrogen-bond acceptors (Lipinski definition) is 2. The highest BCUT2D eigenvalue weighted by molar-refractivity contribution is 7.19. The van der Waals surface area contributed by atoms with Gasteiger partial charge in [-0.1, -0.05) is 52.2 Å². The van der Waals surface area contributed by atoms with Crippen LogP contribution in [0.1, 0.15) is 74.1 Å². The van der Waals surface area contributed by atoms with Gasteiger partial charge in [0, 0.05) is 5.16 Å². The van der Waals surface area contributed by atoms with E-state index in [0.29, 0.717) is 19.0 Å². The normalized spacial score (nSPS) is 22.2. The van der Waals surface area contributed by atoms with Gasteiger partial charge < -0.3 is 9.39 Å². The fraction of sp³-hybridized carbons (Fsp3) is 0.727. The topological polar surface area (TPSA) is 18.5 Å². The summed E-state index contributed by atoms with van der Waals surface area (Å²) in [4.78, 5) is 0. The minimum atomic E-state index is -0.196. The smallest absolute Gasteiger partial charge is 0.309 e. The van der Waals surface area contributed by atoms with Crippen molar-refractivity contribution < 1.29 is 9.39 Å². The first-order valence-corrected chi connectivity index (χ1v) is 10.6. The van der Waals surface area contributed by atoms with E-state index in [4.69, 9.17) is 9.39 Å². The van der Waals surface area contributed by atoms with Gasteiger partial charge in [0.25, 0.3) is 0 Å². The molecule has 0 saturated heterocycles. The van der Waals surface area contributed by atoms with Crippen molar-refractivity contribution in [2.45, 2.75) is 91.0 Å². The maximum atomic E-state index is 6.23. The molecule has 1 fully saturated rings. The van der Waals surface area contributed by atoms with Gasteiger partial charge in [-0.15, -0.1) is 9.24 Å². The van der Waals surface area contributed by atoms with Gasteiger partial charge in [-0.2, -0.15) is 0 Å². The zero-order chi connectivity index (χ0) is 19.6. The van der Waals surface area contributed by atoms with Crippen molar-refractivity contribution in [2.24, 2.45) is 11.3 Å². The van der Waals surface area contributed by atoms with Crippen LogP contribution in [-0.2, 0) is 4.65 Å². The molecule has 1 atom stereocenters. The second-order valence-corrected chi connectivity index (χ2v) is 11.6. The summed E-state index contributed by atoms with van der Waals surface area (Å²) in [6.45, 7) is 15.7. The molecule has 0 heterocycles. The highest BCUT2D eigenvalue weighted by Crippen LogP contribution is 2.38. The van der Waals surface area contributed by atoms with Gasteiger partial charge in [0.05, 0.1) is 11.7 Å². The van der Waals surface area contributed by atoms with Crippen LogP contribution in [0.2, 0.25) is 0 Å². The standard InChI is InChI=1S/C22H38BO2P/c1-20(2,3)16-8-12-18(13-9-16)24-19-14-10-17(11-15-19)23-25-21(4,5)22(6,7)26/h10-11,14-16,18,23H,8-9,12-13,26H2,1-7H3/t16-,18-. The minimum Gasteiger partial charge on any atom is -0.490 e. The number of ether oxygens (including phenoxy) is 1. The van der Waals surface area contributed by atoms with Crippen molar-refractivity contribution >= 4 is 22.2 Å². The third-order valence-corrected chi connectivity index (χ3v) is 6.97. The molecule has 1 saturated carbocycles. The van der Waals surface area contributed by atoms with Crippen LogP contribution >= 0.6 is 9.24 Å². The van der Waals surface area contributed by atoms with Crippen LogP contribution in [0.4, 0.5) is 0 Å². The molecule has 0 aliphatic heterocycles. The quantitative estimate of drug-likeness (QED) is 0.508. The zero-order valence-corrected chi connectivity index (χ0v) is 19.0. The second kappa shape index (κ2) is 8.23. The van der Waals surface area contributed by atoms with Crippen LogP contribution in [0, 0.1) is 11.3 Å². The van der Waals surface area contributed by atoms with Gasteiger partial charge in [-0.3, -0.25) is 0 Å². The van der Waals surface area contributed by atoms with E-state index in [1.807, 2.05) is 0 Å². The molecule has 0 amide bonds. The molecule has 2 nitrogen and oxygen atoms in total. The average molecular weight is 376 g/mol. The summed E-state index contributed by atoms with van der Waals surface area (Å²) in [5.74, 6) is 1.81. The summed E-state index contributed by atoms with van der Waals surface area (Å²) in [6.07, 6.45) is 5.27. The SMILES string of the molecule is CC(C)(P)C(C)(C)OBc1ccc(O[C@H]2CC[C@H](C(C)(C)C)CC2)cc1. The molecule has 0 bridgehead atoms. The lowest BCUT2D eigenvalue weighted by Crippen LogP contribution is -2.45. The summed E-state index contributed by atoms with van der Waals surface area (Å²) >= 11 is 0. The van der Waals surface area contributed by atoms with Gasteiger partial charge >= 0.3 is 7.48 Å². The molecule has 1 aliphatic rings. The van der Waals surface area contributed by atoms with E-state index < -0.39 is 0 Å². The Labute approximate surface area is 164 Å². The largest absolute Gasteiger partial charge is 0.490 e. The van der Waals surface area contributed by atoms with Crippen molar-refractivity contribution in [1.82, 2.24) is 0 Å². The predicted molar refractivity (Wildman–Crippen MR) is 118 cm³/mol. The van der Waals surface area contributed by atoms with Crippen molar-refractivity contribution in [3.63, 3.8) is 0 Å². The molecule has 1 aliphatic carbocycles. The molecule has 146 valence electrons. The Kier molecular flexibility index (Phi) is 6.89. The van der Waals surface area contributed by atoms with Crippen LogP contribution in [-0.4, -0.2) is 24.3 Å². The van der Waals surface area contributed by atoms with Crippen LogP contribution < -0.4 is 10.2 Å². The lowest BCUT2D eigenvalue weighted by Gasteiger charge is -2.39. The number of hydrogen-bond donors (Lipinski definition) is 0. The summed E-state index contributed by atoms with van der Waals surface area (Å²) in [5, 5.41) is 0.0297. The number of benzene rings is 1. The molecular weight excluding hydrogens is 338 g/mol. The van der Waals surface area contributed by atoms with Crippen LogP contribution in [0.3, 0.4) is 0 Å². The lowest BCUT2D eigenvalue weighted by molar-refractivity contribution is 0.0841. The Morgan fingerprint density at radius 3 is 1.88 bits per heavy atom. The van der Waals surface area contributed by atoms with E-state index in [-0.39, 0.29) is 10.8 Å². The summed E-state index contributed by atoms with van der Waals surface area (Å²) in [6, 6.07) is 8.44. The van der Waals surface area contributed by atoms with E-state index in [2.05, 4.69) is 82.0 Å². The van der Waals surface area contributed by atoms with E-state index in [1.165, 1.54) is 31.1 Å². The molecule has 1 aromatic carbocycles. The zero-order valence-electron chi connectivity index (χ0n) is 17.9. The van der Waals surface area contributed by atoms with Gasteiger partial charge in [-0.25, -0.2) is 0 Å². The highest BCUT2D eigenvalue weighted by Gasteiger charge is 2.33. The molecule has 0 spiro atoms. The lowest BCUT2D eigenvalue weighted by atomic mass is 9.72. The monoisotopic (exact) mass is 376 g/mol. The highest BCUT2D eigenvalue weighted by atomic mass is 31.0. The van der Waals surface area contributed by atoms with Crippen LogP contribution in [0.25, 0.3) is 0 Å². The van der Waals surface area contributed by atoms with Gasteiger partial charge in [0.15, 0.2) is 0 Å². The van der Waals surface area contributed by atoms with Crippen molar-refractivity contribution in [1.29, 1.82) is 0 Å².